The van der Waals surface area contributed by atoms with Gasteiger partial charge in [-0.2, -0.15) is 4.31 Å². The number of nitrogens with zero attached hydrogens (tertiary/aromatic N) is 1. The van der Waals surface area contributed by atoms with E-state index in [-0.39, 0.29) is 24.2 Å². The standard InChI is InChI=1S/C14H25N3O3S/c1-21(19,20)17-12-6-7-13(17)9-11(8-12)16-14(18)15-10-4-2-3-5-10/h10-13H,2-9H2,1H3,(H2,15,16,18)/t12-,13-/m0/s1. The topological polar surface area (TPSA) is 78.5 Å². The molecular formula is C14H25N3O3S. The summed E-state index contributed by atoms with van der Waals surface area (Å²) >= 11 is 0. The molecular weight excluding hydrogens is 290 g/mol. The Bertz CT molecular complexity index is 488. The largest absolute Gasteiger partial charge is 0.335 e. The van der Waals surface area contributed by atoms with Gasteiger partial charge in [0, 0.05) is 24.2 Å². The molecule has 0 spiro atoms. The predicted molar refractivity (Wildman–Crippen MR) is 80.4 cm³/mol. The minimum atomic E-state index is -3.13. The fourth-order valence-corrected chi connectivity index (χ4v) is 5.74. The van der Waals surface area contributed by atoms with Crippen molar-refractivity contribution in [3.05, 3.63) is 0 Å². The van der Waals surface area contributed by atoms with Gasteiger partial charge in [-0.15, -0.1) is 0 Å². The van der Waals surface area contributed by atoms with E-state index in [4.69, 9.17) is 0 Å². The van der Waals surface area contributed by atoms with Crippen molar-refractivity contribution in [1.82, 2.24) is 14.9 Å². The Morgan fingerprint density at radius 3 is 2.00 bits per heavy atom. The summed E-state index contributed by atoms with van der Waals surface area (Å²) in [4.78, 5) is 12.0. The van der Waals surface area contributed by atoms with E-state index in [0.29, 0.717) is 6.04 Å². The van der Waals surface area contributed by atoms with Crippen LogP contribution in [0.2, 0.25) is 0 Å². The van der Waals surface area contributed by atoms with Crippen molar-refractivity contribution in [2.75, 3.05) is 6.26 Å². The second-order valence-electron chi connectivity index (χ2n) is 6.75. The third-order valence-corrected chi connectivity index (χ3v) is 6.44. The molecule has 2 bridgehead atoms. The second-order valence-corrected chi connectivity index (χ2v) is 8.63. The molecule has 3 rings (SSSR count). The van der Waals surface area contributed by atoms with Gasteiger partial charge in [-0.05, 0) is 38.5 Å². The van der Waals surface area contributed by atoms with Gasteiger partial charge >= 0.3 is 6.03 Å². The Kier molecular flexibility index (Phi) is 4.14. The molecule has 2 heterocycles. The lowest BCUT2D eigenvalue weighted by Crippen LogP contribution is -2.54. The predicted octanol–water partition coefficient (Wildman–Crippen LogP) is 1.18. The molecule has 2 amide bonds. The Balaban J connectivity index is 1.54. The number of rotatable bonds is 3. The monoisotopic (exact) mass is 315 g/mol. The summed E-state index contributed by atoms with van der Waals surface area (Å²) < 4.78 is 25.3. The van der Waals surface area contributed by atoms with Gasteiger partial charge in [0.15, 0.2) is 0 Å². The molecule has 0 aromatic carbocycles. The van der Waals surface area contributed by atoms with Crippen LogP contribution in [0, 0.1) is 0 Å². The zero-order valence-corrected chi connectivity index (χ0v) is 13.4. The molecule has 3 fully saturated rings. The Labute approximate surface area is 126 Å². The average Bonchev–Trinajstić information content (AvgIpc) is 2.95. The third kappa shape index (κ3) is 3.34. The molecule has 0 aromatic heterocycles. The van der Waals surface area contributed by atoms with Crippen LogP contribution in [0.15, 0.2) is 0 Å². The van der Waals surface area contributed by atoms with Crippen molar-refractivity contribution in [2.24, 2.45) is 0 Å². The number of fused-ring (bicyclic) bond motifs is 2. The highest BCUT2D eigenvalue weighted by Crippen LogP contribution is 2.37. The zero-order valence-electron chi connectivity index (χ0n) is 12.5. The summed E-state index contributed by atoms with van der Waals surface area (Å²) in [5.74, 6) is 0. The number of amides is 2. The maximum absolute atomic E-state index is 12.0. The summed E-state index contributed by atoms with van der Waals surface area (Å²) in [5.41, 5.74) is 0. The number of hydrogen-bond acceptors (Lipinski definition) is 3. The first-order chi connectivity index (χ1) is 9.93. The first-order valence-electron chi connectivity index (χ1n) is 7.99. The van der Waals surface area contributed by atoms with Crippen LogP contribution in [0.4, 0.5) is 4.79 Å². The number of carbonyl (C=O) groups is 1. The highest BCUT2D eigenvalue weighted by molar-refractivity contribution is 7.88. The summed E-state index contributed by atoms with van der Waals surface area (Å²) in [5, 5.41) is 6.08. The number of hydrogen-bond donors (Lipinski definition) is 2. The van der Waals surface area contributed by atoms with Crippen molar-refractivity contribution < 1.29 is 13.2 Å². The van der Waals surface area contributed by atoms with Crippen molar-refractivity contribution in [2.45, 2.75) is 75.5 Å². The molecule has 120 valence electrons. The maximum atomic E-state index is 12.0. The van der Waals surface area contributed by atoms with Crippen LogP contribution in [0.1, 0.15) is 51.4 Å². The van der Waals surface area contributed by atoms with Gasteiger partial charge in [0.05, 0.1) is 6.26 Å². The first-order valence-corrected chi connectivity index (χ1v) is 9.84. The van der Waals surface area contributed by atoms with E-state index < -0.39 is 10.0 Å². The number of nitrogens with one attached hydrogen (secondary N) is 2. The maximum Gasteiger partial charge on any atom is 0.315 e. The van der Waals surface area contributed by atoms with Gasteiger partial charge in [0.1, 0.15) is 0 Å². The molecule has 0 radical (unpaired) electrons. The van der Waals surface area contributed by atoms with Crippen LogP contribution in [0.5, 0.6) is 0 Å². The van der Waals surface area contributed by atoms with Crippen LogP contribution >= 0.6 is 0 Å². The quantitative estimate of drug-likeness (QED) is 0.821. The molecule has 1 aliphatic carbocycles. The molecule has 2 atom stereocenters. The smallest absolute Gasteiger partial charge is 0.315 e. The van der Waals surface area contributed by atoms with Crippen LogP contribution < -0.4 is 10.6 Å². The lowest BCUT2D eigenvalue weighted by molar-refractivity contribution is 0.197. The van der Waals surface area contributed by atoms with Gasteiger partial charge in [0.2, 0.25) is 10.0 Å². The van der Waals surface area contributed by atoms with E-state index in [1.807, 2.05) is 0 Å². The lowest BCUT2D eigenvalue weighted by atomic mass is 10.00. The molecule has 2 aliphatic heterocycles. The van der Waals surface area contributed by atoms with E-state index in [2.05, 4.69) is 10.6 Å². The fraction of sp³-hybridized carbons (Fsp3) is 0.929. The van der Waals surface area contributed by atoms with Gasteiger partial charge < -0.3 is 10.6 Å². The van der Waals surface area contributed by atoms with Gasteiger partial charge in [0.25, 0.3) is 0 Å². The number of carbonyl (C=O) groups excluding carboxylic acids is 1. The van der Waals surface area contributed by atoms with E-state index >= 15 is 0 Å². The number of sulfonamides is 1. The molecule has 3 aliphatic rings. The fourth-order valence-electron chi connectivity index (χ4n) is 4.28. The van der Waals surface area contributed by atoms with E-state index in [9.17, 15) is 13.2 Å². The highest BCUT2D eigenvalue weighted by Gasteiger charge is 2.45. The zero-order chi connectivity index (χ0) is 15.0. The summed E-state index contributed by atoms with van der Waals surface area (Å²) in [7, 11) is -3.13. The Morgan fingerprint density at radius 2 is 1.48 bits per heavy atom. The van der Waals surface area contributed by atoms with Gasteiger partial charge in [-0.1, -0.05) is 12.8 Å². The summed E-state index contributed by atoms with van der Waals surface area (Å²) in [6.45, 7) is 0. The van der Waals surface area contributed by atoms with Crippen LogP contribution in [-0.2, 0) is 10.0 Å². The summed E-state index contributed by atoms with van der Waals surface area (Å²) in [6, 6.07) is 0.463. The minimum absolute atomic E-state index is 0.0653. The van der Waals surface area contributed by atoms with Gasteiger partial charge in [-0.3, -0.25) is 0 Å². The number of urea groups is 1. The molecule has 7 heteroatoms. The van der Waals surface area contributed by atoms with Crippen LogP contribution in [-0.4, -0.2) is 49.2 Å². The Hall–Kier alpha value is -0.820. The normalized spacial score (nSPS) is 34.0. The second kappa shape index (κ2) is 5.76. The van der Waals surface area contributed by atoms with Crippen LogP contribution in [0.3, 0.4) is 0 Å². The van der Waals surface area contributed by atoms with E-state index in [1.54, 1.807) is 4.31 Å². The number of piperidine rings is 1. The molecule has 0 aromatic rings. The molecule has 6 nitrogen and oxygen atoms in total. The minimum Gasteiger partial charge on any atom is -0.335 e. The van der Waals surface area contributed by atoms with Crippen molar-refractivity contribution >= 4 is 16.1 Å². The summed E-state index contributed by atoms with van der Waals surface area (Å²) in [6.07, 6.45) is 9.14. The molecule has 21 heavy (non-hydrogen) atoms. The van der Waals surface area contributed by atoms with Gasteiger partial charge in [-0.25, -0.2) is 13.2 Å². The molecule has 0 unspecified atom stereocenters. The third-order valence-electron chi connectivity index (χ3n) is 5.07. The van der Waals surface area contributed by atoms with Crippen molar-refractivity contribution in [3.63, 3.8) is 0 Å². The lowest BCUT2D eigenvalue weighted by Gasteiger charge is -2.37. The SMILES string of the molecule is CS(=O)(=O)N1[C@H]2CC[C@H]1CC(NC(=O)NC1CCCC1)C2. The van der Waals surface area contributed by atoms with E-state index in [1.165, 1.54) is 19.1 Å². The van der Waals surface area contributed by atoms with Crippen LogP contribution in [0.25, 0.3) is 0 Å². The molecule has 1 saturated carbocycles. The molecule has 2 N–H and O–H groups in total. The Morgan fingerprint density at radius 1 is 0.952 bits per heavy atom. The average molecular weight is 315 g/mol. The van der Waals surface area contributed by atoms with E-state index in [0.717, 1.165) is 38.5 Å². The molecule has 2 saturated heterocycles. The van der Waals surface area contributed by atoms with Crippen molar-refractivity contribution in [1.29, 1.82) is 0 Å². The first kappa shape index (κ1) is 15.1. The van der Waals surface area contributed by atoms with Crippen molar-refractivity contribution in [3.8, 4) is 0 Å². The highest BCUT2D eigenvalue weighted by atomic mass is 32.2.